The normalized spacial score (nSPS) is 12.6. The number of hydrogen-bond acceptors (Lipinski definition) is 4. The summed E-state index contributed by atoms with van der Waals surface area (Å²) < 4.78 is 5.51. The van der Waals surface area contributed by atoms with Crippen molar-refractivity contribution < 1.29 is 14.3 Å². The molecule has 102 valence electrons. The van der Waals surface area contributed by atoms with Crippen LogP contribution in [0.1, 0.15) is 45.3 Å². The van der Waals surface area contributed by atoms with Gasteiger partial charge in [-0.25, -0.2) is 4.79 Å². The topological polar surface area (TPSA) is 62.5 Å². The zero-order valence-electron chi connectivity index (χ0n) is 11.2. The second-order valence-electron chi connectivity index (χ2n) is 4.58. The Kier molecular flexibility index (Phi) is 4.07. The predicted molar refractivity (Wildman–Crippen MR) is 74.7 cm³/mol. The molecular formula is C14H17NO3S. The molecule has 4 nitrogen and oxygen atoms in total. The highest BCUT2D eigenvalue weighted by atomic mass is 32.1. The minimum absolute atomic E-state index is 0.174. The molecule has 19 heavy (non-hydrogen) atoms. The van der Waals surface area contributed by atoms with Gasteiger partial charge < -0.3 is 14.8 Å². The summed E-state index contributed by atoms with van der Waals surface area (Å²) in [5.74, 6) is 0.956. The van der Waals surface area contributed by atoms with Crippen LogP contribution in [0.5, 0.6) is 0 Å². The van der Waals surface area contributed by atoms with E-state index in [0.717, 1.165) is 22.0 Å². The Labute approximate surface area is 116 Å². The molecule has 2 aromatic heterocycles. The van der Waals surface area contributed by atoms with Crippen LogP contribution in [0.2, 0.25) is 0 Å². The highest BCUT2D eigenvalue weighted by molar-refractivity contribution is 7.10. The smallest absolute Gasteiger partial charge is 0.336 e. The second-order valence-corrected chi connectivity index (χ2v) is 5.57. The lowest BCUT2D eigenvalue weighted by Crippen LogP contribution is -2.17. The summed E-state index contributed by atoms with van der Waals surface area (Å²) in [6, 6.07) is 3.91. The Morgan fingerprint density at radius 2 is 2.21 bits per heavy atom. The van der Waals surface area contributed by atoms with E-state index < -0.39 is 5.97 Å². The summed E-state index contributed by atoms with van der Waals surface area (Å²) in [5, 5.41) is 13.9. The fourth-order valence-corrected chi connectivity index (χ4v) is 2.84. The molecule has 0 fully saturated rings. The third-order valence-corrected chi connectivity index (χ3v) is 3.97. The summed E-state index contributed by atoms with van der Waals surface area (Å²) in [6.45, 7) is 6.61. The van der Waals surface area contributed by atoms with Crippen LogP contribution in [0.15, 0.2) is 21.9 Å². The van der Waals surface area contributed by atoms with E-state index in [1.165, 1.54) is 11.3 Å². The lowest BCUT2D eigenvalue weighted by atomic mass is 10.1. The van der Waals surface area contributed by atoms with Crippen molar-refractivity contribution in [2.45, 2.75) is 33.4 Å². The third kappa shape index (κ3) is 3.24. The minimum Gasteiger partial charge on any atom is -0.478 e. The van der Waals surface area contributed by atoms with Gasteiger partial charge in [-0.15, -0.1) is 11.3 Å². The average molecular weight is 279 g/mol. The van der Waals surface area contributed by atoms with E-state index in [0.29, 0.717) is 12.1 Å². The number of hydrogen-bond donors (Lipinski definition) is 2. The van der Waals surface area contributed by atoms with Crippen LogP contribution in [0.25, 0.3) is 0 Å². The molecule has 0 aliphatic carbocycles. The molecule has 0 aliphatic heterocycles. The van der Waals surface area contributed by atoms with Gasteiger partial charge in [0.15, 0.2) is 0 Å². The van der Waals surface area contributed by atoms with E-state index in [1.807, 2.05) is 19.9 Å². The lowest BCUT2D eigenvalue weighted by molar-refractivity contribution is 0.0697. The van der Waals surface area contributed by atoms with Crippen molar-refractivity contribution >= 4 is 17.3 Å². The van der Waals surface area contributed by atoms with Crippen molar-refractivity contribution in [3.8, 4) is 0 Å². The van der Waals surface area contributed by atoms with Gasteiger partial charge in [-0.3, -0.25) is 0 Å². The number of thiophene rings is 1. The second kappa shape index (κ2) is 5.59. The van der Waals surface area contributed by atoms with E-state index in [2.05, 4.69) is 12.2 Å². The quantitative estimate of drug-likeness (QED) is 0.879. The first-order chi connectivity index (χ1) is 8.97. The van der Waals surface area contributed by atoms with Gasteiger partial charge in [0.1, 0.15) is 11.5 Å². The summed E-state index contributed by atoms with van der Waals surface area (Å²) in [6.07, 6.45) is 0. The maximum atomic E-state index is 10.8. The summed E-state index contributed by atoms with van der Waals surface area (Å²) in [4.78, 5) is 11.8. The zero-order valence-corrected chi connectivity index (χ0v) is 12.0. The summed E-state index contributed by atoms with van der Waals surface area (Å²) >= 11 is 1.46. The van der Waals surface area contributed by atoms with Crippen LogP contribution in [0.3, 0.4) is 0 Å². The number of carboxylic acids is 1. The van der Waals surface area contributed by atoms with Gasteiger partial charge in [-0.1, -0.05) is 0 Å². The molecule has 0 bridgehead atoms. The van der Waals surface area contributed by atoms with Crippen LogP contribution >= 0.6 is 11.3 Å². The Morgan fingerprint density at radius 3 is 2.74 bits per heavy atom. The predicted octanol–water partition coefficient (Wildman–Crippen LogP) is 3.51. The van der Waals surface area contributed by atoms with Crippen LogP contribution in [0.4, 0.5) is 0 Å². The Hall–Kier alpha value is -1.59. The van der Waals surface area contributed by atoms with Gasteiger partial charge in [0.05, 0.1) is 5.56 Å². The van der Waals surface area contributed by atoms with Gasteiger partial charge in [0.25, 0.3) is 0 Å². The first kappa shape index (κ1) is 13.8. The van der Waals surface area contributed by atoms with Gasteiger partial charge in [0.2, 0.25) is 0 Å². The maximum absolute atomic E-state index is 10.8. The highest BCUT2D eigenvalue weighted by Crippen LogP contribution is 2.22. The van der Waals surface area contributed by atoms with Gasteiger partial charge in [-0.2, -0.15) is 0 Å². The number of carbonyl (C=O) groups is 1. The molecule has 2 heterocycles. The molecule has 5 heteroatoms. The Balaban J connectivity index is 1.98. The Morgan fingerprint density at radius 1 is 1.47 bits per heavy atom. The molecule has 2 rings (SSSR count). The molecule has 1 atom stereocenters. The molecule has 0 amide bonds. The molecule has 0 radical (unpaired) electrons. The maximum Gasteiger partial charge on any atom is 0.336 e. The van der Waals surface area contributed by atoms with Crippen LogP contribution in [-0.4, -0.2) is 11.1 Å². The summed E-state index contributed by atoms with van der Waals surface area (Å²) in [5.41, 5.74) is 1.50. The molecule has 1 unspecified atom stereocenters. The number of furan rings is 1. The van der Waals surface area contributed by atoms with E-state index in [4.69, 9.17) is 9.52 Å². The van der Waals surface area contributed by atoms with Crippen LogP contribution in [-0.2, 0) is 6.54 Å². The van der Waals surface area contributed by atoms with E-state index >= 15 is 0 Å². The number of aromatic carboxylic acids is 1. The largest absolute Gasteiger partial charge is 0.478 e. The molecule has 0 saturated heterocycles. The average Bonchev–Trinajstić information content (AvgIpc) is 2.93. The van der Waals surface area contributed by atoms with Crippen molar-refractivity contribution in [2.75, 3.05) is 0 Å². The number of carboxylic acid groups (broad SMARTS) is 1. The molecule has 2 N–H and O–H groups in total. The monoisotopic (exact) mass is 279 g/mol. The van der Waals surface area contributed by atoms with E-state index in [1.54, 1.807) is 11.4 Å². The molecule has 0 saturated carbocycles. The number of aryl methyl sites for hydroxylation is 2. The molecule has 0 spiro atoms. The standard InChI is InChI=1S/C14H17NO3S/c1-8-4-13(10(3)18-8)9(2)15-6-12-5-11(7-19-12)14(16)17/h4-5,7,9,15H,6H2,1-3H3,(H,16,17). The van der Waals surface area contributed by atoms with Gasteiger partial charge >= 0.3 is 5.97 Å². The number of rotatable bonds is 5. The third-order valence-electron chi connectivity index (χ3n) is 3.03. The highest BCUT2D eigenvalue weighted by Gasteiger charge is 2.13. The van der Waals surface area contributed by atoms with Crippen molar-refractivity contribution in [2.24, 2.45) is 0 Å². The van der Waals surface area contributed by atoms with Crippen LogP contribution in [0, 0.1) is 13.8 Å². The van der Waals surface area contributed by atoms with Crippen molar-refractivity contribution in [3.05, 3.63) is 45.0 Å². The van der Waals surface area contributed by atoms with E-state index in [-0.39, 0.29) is 6.04 Å². The molecule has 0 aliphatic rings. The van der Waals surface area contributed by atoms with Crippen molar-refractivity contribution in [1.29, 1.82) is 0 Å². The molecule has 0 aromatic carbocycles. The fourth-order valence-electron chi connectivity index (χ4n) is 2.03. The first-order valence-corrected chi connectivity index (χ1v) is 6.96. The summed E-state index contributed by atoms with van der Waals surface area (Å²) in [7, 11) is 0. The zero-order chi connectivity index (χ0) is 14.0. The number of nitrogens with one attached hydrogen (secondary N) is 1. The SMILES string of the molecule is Cc1cc(C(C)NCc2cc(C(=O)O)cs2)c(C)o1. The molecule has 2 aromatic rings. The van der Waals surface area contributed by atoms with Gasteiger partial charge in [-0.05, 0) is 32.9 Å². The van der Waals surface area contributed by atoms with Gasteiger partial charge in [0, 0.05) is 28.4 Å². The van der Waals surface area contributed by atoms with E-state index in [9.17, 15) is 4.79 Å². The minimum atomic E-state index is -0.878. The Bertz CT molecular complexity index is 585. The van der Waals surface area contributed by atoms with Crippen molar-refractivity contribution in [3.63, 3.8) is 0 Å². The fraction of sp³-hybridized carbons (Fsp3) is 0.357. The van der Waals surface area contributed by atoms with Crippen molar-refractivity contribution in [1.82, 2.24) is 5.32 Å². The lowest BCUT2D eigenvalue weighted by Gasteiger charge is -2.12. The van der Waals surface area contributed by atoms with Crippen LogP contribution < -0.4 is 5.32 Å². The molecular weight excluding hydrogens is 262 g/mol. The first-order valence-electron chi connectivity index (χ1n) is 6.08.